The fraction of sp³-hybridized carbons (Fsp3) is 0.444. The average molecular weight is 452 g/mol. The number of aliphatic hydroxyl groups is 1. The van der Waals surface area contributed by atoms with Crippen LogP contribution in [0.1, 0.15) is 56.8 Å². The summed E-state index contributed by atoms with van der Waals surface area (Å²) in [5.74, 6) is -1.90. The minimum atomic E-state index is -1.19. The molecule has 0 aliphatic carbocycles. The number of Topliss-reactive ketones (excluding diaryl/α,β-unsaturated/α-hetero) is 1. The molecule has 2 atom stereocenters. The molecule has 1 heterocycles. The summed E-state index contributed by atoms with van der Waals surface area (Å²) in [5, 5.41) is 9.50. The summed E-state index contributed by atoms with van der Waals surface area (Å²) in [4.78, 5) is 40.2. The van der Waals surface area contributed by atoms with Gasteiger partial charge in [0.05, 0.1) is 12.0 Å². The predicted octanol–water partition coefficient (Wildman–Crippen LogP) is 3.87. The van der Waals surface area contributed by atoms with E-state index in [1.165, 1.54) is 18.7 Å². The Balaban J connectivity index is 1.76. The number of carbonyl (C=O) groups is 3. The molecular weight excluding hydrogens is 418 g/mol. The Labute approximate surface area is 195 Å². The quantitative estimate of drug-likeness (QED) is 0.462. The first-order valence-corrected chi connectivity index (χ1v) is 11.6. The number of rotatable bonds is 9. The van der Waals surface area contributed by atoms with Crippen LogP contribution in [0.25, 0.3) is 0 Å². The van der Waals surface area contributed by atoms with Crippen molar-refractivity contribution in [3.63, 3.8) is 0 Å². The fourth-order valence-corrected chi connectivity index (χ4v) is 4.03. The molecule has 1 aliphatic heterocycles. The third-order valence-corrected chi connectivity index (χ3v) is 6.21. The lowest BCUT2D eigenvalue weighted by molar-refractivity contribution is -0.165. The van der Waals surface area contributed by atoms with E-state index in [4.69, 9.17) is 4.74 Å². The molecule has 0 unspecified atom stereocenters. The highest BCUT2D eigenvalue weighted by Crippen LogP contribution is 2.28. The number of nitrogens with zero attached hydrogens (tertiary/aromatic N) is 1. The third-order valence-electron chi connectivity index (χ3n) is 6.21. The fourth-order valence-electron chi connectivity index (χ4n) is 4.03. The van der Waals surface area contributed by atoms with E-state index in [0.29, 0.717) is 19.4 Å². The van der Waals surface area contributed by atoms with Gasteiger partial charge in [-0.05, 0) is 43.2 Å². The average Bonchev–Trinajstić information content (AvgIpc) is 2.86. The summed E-state index contributed by atoms with van der Waals surface area (Å²) in [6, 6.07) is 18.8. The number of benzene rings is 2. The predicted molar refractivity (Wildman–Crippen MR) is 125 cm³/mol. The molecule has 0 aromatic heterocycles. The van der Waals surface area contributed by atoms with Crippen LogP contribution in [0.3, 0.4) is 0 Å². The summed E-state index contributed by atoms with van der Waals surface area (Å²) in [7, 11) is 0. The van der Waals surface area contributed by atoms with Gasteiger partial charge in [-0.3, -0.25) is 9.59 Å². The summed E-state index contributed by atoms with van der Waals surface area (Å²) in [5.41, 5.74) is 0.861. The number of aliphatic hydroxyl groups excluding tert-OH is 1. The molecule has 0 bridgehead atoms. The molecule has 1 N–H and O–H groups in total. The van der Waals surface area contributed by atoms with E-state index < -0.39 is 41.8 Å². The zero-order valence-corrected chi connectivity index (χ0v) is 19.4. The zero-order valence-electron chi connectivity index (χ0n) is 19.4. The number of ether oxygens (including phenoxy) is 1. The molecule has 6 nitrogen and oxygen atoms in total. The van der Waals surface area contributed by atoms with E-state index in [2.05, 4.69) is 0 Å². The van der Waals surface area contributed by atoms with Gasteiger partial charge in [-0.15, -0.1) is 0 Å². The van der Waals surface area contributed by atoms with Gasteiger partial charge < -0.3 is 14.7 Å². The highest BCUT2D eigenvalue weighted by molar-refractivity contribution is 6.38. The van der Waals surface area contributed by atoms with E-state index in [-0.39, 0.29) is 0 Å². The topological polar surface area (TPSA) is 83.9 Å². The largest absolute Gasteiger partial charge is 0.456 e. The Morgan fingerprint density at radius 1 is 1.03 bits per heavy atom. The number of carbonyl (C=O) groups excluding carboxylic acids is 3. The maximum atomic E-state index is 13.3. The lowest BCUT2D eigenvalue weighted by Gasteiger charge is -2.36. The summed E-state index contributed by atoms with van der Waals surface area (Å²) in [6.07, 6.45) is 2.85. The molecule has 176 valence electrons. The first-order valence-electron chi connectivity index (χ1n) is 11.6. The van der Waals surface area contributed by atoms with Crippen LogP contribution >= 0.6 is 0 Å². The number of ketones is 1. The lowest BCUT2D eigenvalue weighted by atomic mass is 9.87. The van der Waals surface area contributed by atoms with Crippen LogP contribution in [0.5, 0.6) is 0 Å². The summed E-state index contributed by atoms with van der Waals surface area (Å²) < 4.78 is 5.98. The van der Waals surface area contributed by atoms with Crippen molar-refractivity contribution in [2.75, 3.05) is 13.2 Å². The highest BCUT2D eigenvalue weighted by atomic mass is 16.5. The monoisotopic (exact) mass is 451 g/mol. The van der Waals surface area contributed by atoms with Crippen LogP contribution in [-0.4, -0.2) is 46.9 Å². The molecule has 1 amide bonds. The van der Waals surface area contributed by atoms with Gasteiger partial charge in [0.1, 0.15) is 12.1 Å². The van der Waals surface area contributed by atoms with Crippen molar-refractivity contribution < 1.29 is 24.2 Å². The van der Waals surface area contributed by atoms with Gasteiger partial charge >= 0.3 is 5.97 Å². The van der Waals surface area contributed by atoms with Gasteiger partial charge in [0, 0.05) is 6.54 Å². The molecule has 1 fully saturated rings. The van der Waals surface area contributed by atoms with Crippen molar-refractivity contribution in [3.8, 4) is 0 Å². The van der Waals surface area contributed by atoms with Gasteiger partial charge in [0.2, 0.25) is 5.78 Å². The SMILES string of the molecule is CC(C)(CO)C(=O)C(=O)N1CCCC[C@H]1C(=O)O[C@H](CCc1ccccc1)c1ccccc1. The van der Waals surface area contributed by atoms with Gasteiger partial charge in [-0.25, -0.2) is 4.79 Å². The number of aryl methyl sites for hydroxylation is 1. The van der Waals surface area contributed by atoms with E-state index in [9.17, 15) is 19.5 Å². The van der Waals surface area contributed by atoms with Crippen molar-refractivity contribution in [2.45, 2.75) is 58.1 Å². The zero-order chi connectivity index (χ0) is 23.8. The molecular formula is C27H33NO5. The van der Waals surface area contributed by atoms with Crippen LogP contribution in [0.2, 0.25) is 0 Å². The van der Waals surface area contributed by atoms with E-state index in [0.717, 1.165) is 30.4 Å². The third kappa shape index (κ3) is 6.29. The van der Waals surface area contributed by atoms with Gasteiger partial charge in [0.15, 0.2) is 0 Å². The van der Waals surface area contributed by atoms with Gasteiger partial charge in [-0.2, -0.15) is 0 Å². The van der Waals surface area contributed by atoms with E-state index in [1.54, 1.807) is 0 Å². The molecule has 6 heteroatoms. The molecule has 2 aromatic carbocycles. The first-order chi connectivity index (χ1) is 15.8. The molecule has 0 saturated carbocycles. The second-order valence-electron chi connectivity index (χ2n) is 9.24. The Hall–Kier alpha value is -2.99. The van der Waals surface area contributed by atoms with Crippen molar-refractivity contribution in [1.29, 1.82) is 0 Å². The normalized spacial score (nSPS) is 17.3. The van der Waals surface area contributed by atoms with Crippen molar-refractivity contribution in [1.82, 2.24) is 4.90 Å². The van der Waals surface area contributed by atoms with Crippen molar-refractivity contribution >= 4 is 17.7 Å². The smallest absolute Gasteiger partial charge is 0.329 e. The van der Waals surface area contributed by atoms with Gasteiger partial charge in [-0.1, -0.05) is 74.5 Å². The molecule has 1 saturated heterocycles. The minimum absolute atomic E-state index is 0.325. The van der Waals surface area contributed by atoms with Crippen LogP contribution in [0.15, 0.2) is 60.7 Å². The van der Waals surface area contributed by atoms with E-state index >= 15 is 0 Å². The van der Waals surface area contributed by atoms with Gasteiger partial charge in [0.25, 0.3) is 5.91 Å². The second kappa shape index (κ2) is 11.2. The Bertz CT molecular complexity index is 941. The molecule has 1 aliphatic rings. The molecule has 0 spiro atoms. The number of hydrogen-bond donors (Lipinski definition) is 1. The van der Waals surface area contributed by atoms with Crippen molar-refractivity contribution in [2.24, 2.45) is 5.41 Å². The maximum Gasteiger partial charge on any atom is 0.329 e. The number of hydrogen-bond acceptors (Lipinski definition) is 5. The minimum Gasteiger partial charge on any atom is -0.456 e. The van der Waals surface area contributed by atoms with E-state index in [1.807, 2.05) is 60.7 Å². The Morgan fingerprint density at radius 3 is 2.30 bits per heavy atom. The van der Waals surface area contributed by atoms with Crippen molar-refractivity contribution in [3.05, 3.63) is 71.8 Å². The number of piperidine rings is 1. The number of esters is 1. The van der Waals surface area contributed by atoms with Crippen LogP contribution in [0.4, 0.5) is 0 Å². The highest BCUT2D eigenvalue weighted by Gasteiger charge is 2.41. The van der Waals surface area contributed by atoms with Crippen LogP contribution in [-0.2, 0) is 25.5 Å². The second-order valence-corrected chi connectivity index (χ2v) is 9.24. The number of likely N-dealkylation sites (tertiary alicyclic amines) is 1. The Morgan fingerprint density at radius 2 is 1.67 bits per heavy atom. The molecule has 3 rings (SSSR count). The number of amides is 1. The summed E-state index contributed by atoms with van der Waals surface area (Å²) >= 11 is 0. The Kier molecular flexibility index (Phi) is 8.39. The molecule has 33 heavy (non-hydrogen) atoms. The van der Waals surface area contributed by atoms with Crippen LogP contribution in [0, 0.1) is 5.41 Å². The standard InChI is InChI=1S/C27H33NO5/c1-27(2,19-29)24(30)25(31)28-18-10-9-15-22(28)26(32)33-23(21-13-7-4-8-14-21)17-16-20-11-5-3-6-12-20/h3-8,11-14,22-23,29H,9-10,15-19H2,1-2H3/t22-,23+/m0/s1. The molecule has 2 aromatic rings. The summed E-state index contributed by atoms with van der Waals surface area (Å²) in [6.45, 7) is 2.95. The lowest BCUT2D eigenvalue weighted by Crippen LogP contribution is -2.53. The van der Waals surface area contributed by atoms with Crippen LogP contribution < -0.4 is 0 Å². The maximum absolute atomic E-state index is 13.3. The molecule has 0 radical (unpaired) electrons. The first kappa shape index (κ1) is 24.6.